The fourth-order valence-corrected chi connectivity index (χ4v) is 1.69. The molecule has 1 amide bonds. The van der Waals surface area contributed by atoms with Gasteiger partial charge in [-0.2, -0.15) is 0 Å². The summed E-state index contributed by atoms with van der Waals surface area (Å²) in [6, 6.07) is 2.41. The van der Waals surface area contributed by atoms with Crippen LogP contribution in [0.5, 0.6) is 0 Å². The van der Waals surface area contributed by atoms with Crippen molar-refractivity contribution >= 4 is 17.3 Å². The minimum Gasteiger partial charge on any atom is -0.324 e. The largest absolute Gasteiger partial charge is 0.324 e. The summed E-state index contributed by atoms with van der Waals surface area (Å²) in [5.74, 6) is -0.336. The Morgan fingerprint density at radius 3 is 2.37 bits per heavy atom. The molecule has 1 aromatic rings. The Bertz CT molecular complexity index is 512. The molecule has 1 atom stereocenters. The van der Waals surface area contributed by atoms with Crippen LogP contribution in [0.25, 0.3) is 0 Å². The molecule has 0 aliphatic heterocycles. The summed E-state index contributed by atoms with van der Waals surface area (Å²) in [6.45, 7) is 7.13. The van der Waals surface area contributed by atoms with Gasteiger partial charge in [0, 0.05) is 11.6 Å². The lowest BCUT2D eigenvalue weighted by molar-refractivity contribution is -0.385. The van der Waals surface area contributed by atoms with Crippen molar-refractivity contribution in [3.05, 3.63) is 33.4 Å². The normalized spacial score (nSPS) is 12.3. The Hall–Kier alpha value is -1.95. The Balaban J connectivity index is 3.05. The number of nitrogens with one attached hydrogen (secondary N) is 1. The highest BCUT2D eigenvalue weighted by atomic mass is 16.6. The summed E-state index contributed by atoms with van der Waals surface area (Å²) in [7, 11) is 0. The molecule has 0 saturated heterocycles. The second kappa shape index (κ2) is 5.79. The van der Waals surface area contributed by atoms with Gasteiger partial charge >= 0.3 is 0 Å². The van der Waals surface area contributed by atoms with Gasteiger partial charge in [-0.3, -0.25) is 14.9 Å². The molecular weight excluding hydrogens is 246 g/mol. The van der Waals surface area contributed by atoms with Crippen LogP contribution in [-0.2, 0) is 4.79 Å². The Kier molecular flexibility index (Phi) is 4.61. The molecule has 0 fully saturated rings. The maximum atomic E-state index is 11.9. The van der Waals surface area contributed by atoms with Crippen LogP contribution in [0.4, 0.5) is 11.4 Å². The number of nitrogens with zero attached hydrogens (tertiary/aromatic N) is 1. The topological polar surface area (TPSA) is 98.3 Å². The number of nitrogens with two attached hydrogens (primary N) is 1. The summed E-state index contributed by atoms with van der Waals surface area (Å²) >= 11 is 0. The van der Waals surface area contributed by atoms with E-state index in [2.05, 4.69) is 5.32 Å². The Morgan fingerprint density at radius 2 is 1.89 bits per heavy atom. The molecule has 0 unspecified atom stereocenters. The zero-order valence-corrected chi connectivity index (χ0v) is 11.6. The van der Waals surface area contributed by atoms with E-state index in [4.69, 9.17) is 5.73 Å². The molecule has 104 valence electrons. The quantitative estimate of drug-likeness (QED) is 0.643. The van der Waals surface area contributed by atoms with Crippen LogP contribution in [0.1, 0.15) is 25.0 Å². The molecule has 0 aromatic heterocycles. The Morgan fingerprint density at radius 1 is 1.32 bits per heavy atom. The van der Waals surface area contributed by atoms with Gasteiger partial charge in [-0.1, -0.05) is 13.8 Å². The fraction of sp³-hybridized carbons (Fsp3) is 0.462. The zero-order chi connectivity index (χ0) is 14.7. The number of benzene rings is 1. The third kappa shape index (κ3) is 3.51. The van der Waals surface area contributed by atoms with E-state index in [-0.39, 0.29) is 17.5 Å². The van der Waals surface area contributed by atoms with E-state index in [0.29, 0.717) is 11.3 Å². The molecule has 1 aromatic carbocycles. The molecule has 6 nitrogen and oxygen atoms in total. The minimum absolute atomic E-state index is 0.000685. The van der Waals surface area contributed by atoms with Crippen LogP contribution in [0.3, 0.4) is 0 Å². The average molecular weight is 265 g/mol. The van der Waals surface area contributed by atoms with E-state index in [0.717, 1.165) is 5.56 Å². The highest BCUT2D eigenvalue weighted by molar-refractivity contribution is 5.95. The van der Waals surface area contributed by atoms with E-state index in [9.17, 15) is 14.9 Å². The van der Waals surface area contributed by atoms with Crippen molar-refractivity contribution in [1.82, 2.24) is 0 Å². The van der Waals surface area contributed by atoms with Crippen LogP contribution in [0, 0.1) is 29.9 Å². The van der Waals surface area contributed by atoms with Gasteiger partial charge in [0.15, 0.2) is 0 Å². The van der Waals surface area contributed by atoms with Crippen molar-refractivity contribution in [1.29, 1.82) is 0 Å². The van der Waals surface area contributed by atoms with Crippen LogP contribution < -0.4 is 11.1 Å². The van der Waals surface area contributed by atoms with Crippen molar-refractivity contribution in [2.24, 2.45) is 11.7 Å². The van der Waals surface area contributed by atoms with Crippen molar-refractivity contribution in [3.8, 4) is 0 Å². The first-order valence-corrected chi connectivity index (χ1v) is 6.06. The fourth-order valence-electron chi connectivity index (χ4n) is 1.69. The van der Waals surface area contributed by atoms with E-state index in [1.165, 1.54) is 6.07 Å². The van der Waals surface area contributed by atoms with Crippen molar-refractivity contribution in [2.45, 2.75) is 33.7 Å². The zero-order valence-electron chi connectivity index (χ0n) is 11.6. The van der Waals surface area contributed by atoms with Crippen molar-refractivity contribution < 1.29 is 9.72 Å². The van der Waals surface area contributed by atoms with E-state index in [1.54, 1.807) is 19.9 Å². The number of rotatable bonds is 4. The van der Waals surface area contributed by atoms with E-state index in [1.807, 2.05) is 13.8 Å². The molecule has 1 rings (SSSR count). The molecule has 0 radical (unpaired) electrons. The molecular formula is C13H19N3O3. The van der Waals surface area contributed by atoms with Crippen LogP contribution in [-0.4, -0.2) is 16.9 Å². The lowest BCUT2D eigenvalue weighted by Gasteiger charge is -2.16. The molecule has 6 heteroatoms. The summed E-state index contributed by atoms with van der Waals surface area (Å²) in [5, 5.41) is 13.5. The number of amides is 1. The van der Waals surface area contributed by atoms with Crippen LogP contribution in [0.15, 0.2) is 12.1 Å². The van der Waals surface area contributed by atoms with Crippen LogP contribution in [0.2, 0.25) is 0 Å². The number of hydrogen-bond acceptors (Lipinski definition) is 4. The molecule has 0 heterocycles. The second-order valence-corrected chi connectivity index (χ2v) is 4.97. The number of carbonyl (C=O) groups excluding carboxylic acids is 1. The lowest BCUT2D eigenvalue weighted by Crippen LogP contribution is -2.39. The highest BCUT2D eigenvalue weighted by Gasteiger charge is 2.20. The third-order valence-corrected chi connectivity index (χ3v) is 3.02. The summed E-state index contributed by atoms with van der Waals surface area (Å²) in [6.07, 6.45) is 0. The summed E-state index contributed by atoms with van der Waals surface area (Å²) in [5.41, 5.74) is 7.49. The van der Waals surface area contributed by atoms with E-state index >= 15 is 0 Å². The number of nitro groups is 1. The van der Waals surface area contributed by atoms with Crippen molar-refractivity contribution in [2.75, 3.05) is 5.32 Å². The molecule has 0 aliphatic rings. The van der Waals surface area contributed by atoms with Gasteiger partial charge < -0.3 is 11.1 Å². The minimum atomic E-state index is -0.639. The van der Waals surface area contributed by atoms with Crippen molar-refractivity contribution in [3.63, 3.8) is 0 Å². The third-order valence-electron chi connectivity index (χ3n) is 3.02. The lowest BCUT2D eigenvalue weighted by atomic mass is 10.0. The molecule has 19 heavy (non-hydrogen) atoms. The standard InChI is InChI=1S/C13H19N3O3/c1-7(2)12(14)13(17)15-10-6-11(16(18)19)9(4)5-8(10)3/h5-7,12H,14H2,1-4H3,(H,15,17)/t12-/m1/s1. The predicted molar refractivity (Wildman–Crippen MR) is 74.0 cm³/mol. The van der Waals surface area contributed by atoms with Gasteiger partial charge in [-0.05, 0) is 31.4 Å². The van der Waals surface area contributed by atoms with E-state index < -0.39 is 11.0 Å². The number of nitro benzene ring substituents is 1. The number of carbonyl (C=O) groups is 1. The molecule has 3 N–H and O–H groups in total. The summed E-state index contributed by atoms with van der Waals surface area (Å²) in [4.78, 5) is 22.3. The highest BCUT2D eigenvalue weighted by Crippen LogP contribution is 2.26. The monoisotopic (exact) mass is 265 g/mol. The first kappa shape index (κ1) is 15.1. The first-order chi connectivity index (χ1) is 8.73. The summed E-state index contributed by atoms with van der Waals surface area (Å²) < 4.78 is 0. The first-order valence-electron chi connectivity index (χ1n) is 6.06. The number of anilines is 1. The molecule has 0 saturated carbocycles. The number of aryl methyl sites for hydroxylation is 2. The van der Waals surface area contributed by atoms with Gasteiger partial charge in [0.1, 0.15) is 0 Å². The number of hydrogen-bond donors (Lipinski definition) is 2. The average Bonchev–Trinajstić information content (AvgIpc) is 2.30. The maximum Gasteiger partial charge on any atom is 0.274 e. The second-order valence-electron chi connectivity index (χ2n) is 4.97. The Labute approximate surface area is 112 Å². The van der Waals surface area contributed by atoms with Gasteiger partial charge in [-0.25, -0.2) is 0 Å². The van der Waals surface area contributed by atoms with Gasteiger partial charge in [0.25, 0.3) is 5.69 Å². The van der Waals surface area contributed by atoms with Crippen LogP contribution >= 0.6 is 0 Å². The molecule has 0 bridgehead atoms. The van der Waals surface area contributed by atoms with Gasteiger partial charge in [0.2, 0.25) is 5.91 Å². The predicted octanol–water partition coefficient (Wildman–Crippen LogP) is 2.13. The molecule has 0 aliphatic carbocycles. The molecule has 0 spiro atoms. The van der Waals surface area contributed by atoms with Gasteiger partial charge in [-0.15, -0.1) is 0 Å². The smallest absolute Gasteiger partial charge is 0.274 e. The maximum absolute atomic E-state index is 11.9. The van der Waals surface area contributed by atoms with Gasteiger partial charge in [0.05, 0.1) is 16.7 Å². The SMILES string of the molecule is Cc1cc(C)c([N+](=O)[O-])cc1NC(=O)[C@H](N)C(C)C.